The number of nitrogen functional groups attached to an aromatic ring is 1. The van der Waals surface area contributed by atoms with E-state index in [1.165, 1.54) is 4.88 Å². The lowest BCUT2D eigenvalue weighted by atomic mass is 9.91. The van der Waals surface area contributed by atoms with Gasteiger partial charge in [-0.05, 0) is 36.1 Å². The number of hydrogen-bond acceptors (Lipinski definition) is 3. The molecule has 3 nitrogen and oxygen atoms in total. The van der Waals surface area contributed by atoms with Gasteiger partial charge in [-0.2, -0.15) is 0 Å². The average molecular weight is 288 g/mol. The zero-order valence-corrected chi connectivity index (χ0v) is 12.9. The number of benzene rings is 1. The van der Waals surface area contributed by atoms with Crippen molar-refractivity contribution in [1.82, 2.24) is 5.32 Å². The van der Waals surface area contributed by atoms with Gasteiger partial charge in [-0.1, -0.05) is 26.0 Å². The fourth-order valence-electron chi connectivity index (χ4n) is 2.04. The minimum atomic E-state index is -0.118. The van der Waals surface area contributed by atoms with Crippen LogP contribution in [-0.2, 0) is 5.41 Å². The number of aryl methyl sites for hydroxylation is 1. The third kappa shape index (κ3) is 3.20. The Kier molecular flexibility index (Phi) is 4.14. The summed E-state index contributed by atoms with van der Waals surface area (Å²) in [5.74, 6) is -0.118. The van der Waals surface area contributed by atoms with Gasteiger partial charge in [0.2, 0.25) is 0 Å². The summed E-state index contributed by atoms with van der Waals surface area (Å²) in [6.07, 6.45) is 0. The highest BCUT2D eigenvalue weighted by Crippen LogP contribution is 2.26. The molecule has 0 fully saturated rings. The van der Waals surface area contributed by atoms with Crippen molar-refractivity contribution in [3.05, 3.63) is 51.7 Å². The Balaban J connectivity index is 2.05. The second-order valence-corrected chi connectivity index (χ2v) is 6.58. The Labute approximate surface area is 123 Å². The second-order valence-electron chi connectivity index (χ2n) is 5.63. The number of anilines is 1. The van der Waals surface area contributed by atoms with Gasteiger partial charge >= 0.3 is 0 Å². The van der Waals surface area contributed by atoms with Crippen LogP contribution in [0.5, 0.6) is 0 Å². The smallest absolute Gasteiger partial charge is 0.253 e. The topological polar surface area (TPSA) is 55.1 Å². The van der Waals surface area contributed by atoms with Gasteiger partial charge in [0, 0.05) is 22.5 Å². The lowest BCUT2D eigenvalue weighted by Crippen LogP contribution is -2.36. The van der Waals surface area contributed by atoms with Crippen LogP contribution in [0.15, 0.2) is 35.7 Å². The summed E-state index contributed by atoms with van der Waals surface area (Å²) in [5.41, 5.74) is 7.93. The van der Waals surface area contributed by atoms with Crippen LogP contribution >= 0.6 is 11.3 Å². The Morgan fingerprint density at radius 3 is 2.70 bits per heavy atom. The SMILES string of the molecule is Cc1ccc(C(=O)NCC(C)(C)c2cccs2)c(N)c1. The molecule has 3 N–H and O–H groups in total. The molecule has 20 heavy (non-hydrogen) atoms. The molecular weight excluding hydrogens is 268 g/mol. The summed E-state index contributed by atoms with van der Waals surface area (Å²) < 4.78 is 0. The van der Waals surface area contributed by atoms with E-state index in [-0.39, 0.29) is 11.3 Å². The molecule has 1 aromatic carbocycles. The monoisotopic (exact) mass is 288 g/mol. The summed E-state index contributed by atoms with van der Waals surface area (Å²) in [5, 5.41) is 5.03. The number of amides is 1. The minimum absolute atomic E-state index is 0.0801. The van der Waals surface area contributed by atoms with E-state index < -0.39 is 0 Å². The Morgan fingerprint density at radius 2 is 2.10 bits per heavy atom. The van der Waals surface area contributed by atoms with Gasteiger partial charge in [0.1, 0.15) is 0 Å². The molecule has 1 heterocycles. The zero-order chi connectivity index (χ0) is 14.8. The standard InChI is InChI=1S/C16H20N2OS/c1-11-6-7-12(13(17)9-11)15(19)18-10-16(2,3)14-5-4-8-20-14/h4-9H,10,17H2,1-3H3,(H,18,19). The highest BCUT2D eigenvalue weighted by molar-refractivity contribution is 7.10. The number of carbonyl (C=O) groups excluding carboxylic acids is 1. The molecule has 0 unspecified atom stereocenters. The van der Waals surface area contributed by atoms with E-state index in [2.05, 4.69) is 30.6 Å². The van der Waals surface area contributed by atoms with Crippen LogP contribution in [-0.4, -0.2) is 12.5 Å². The van der Waals surface area contributed by atoms with Crippen molar-refractivity contribution in [1.29, 1.82) is 0 Å². The zero-order valence-electron chi connectivity index (χ0n) is 12.1. The molecule has 0 saturated heterocycles. The van der Waals surface area contributed by atoms with Gasteiger partial charge in [0.05, 0.1) is 5.56 Å². The van der Waals surface area contributed by atoms with Crippen LogP contribution in [0, 0.1) is 6.92 Å². The molecule has 2 aromatic rings. The van der Waals surface area contributed by atoms with Crippen molar-refractivity contribution in [3.63, 3.8) is 0 Å². The van der Waals surface area contributed by atoms with Crippen LogP contribution in [0.4, 0.5) is 5.69 Å². The van der Waals surface area contributed by atoms with E-state index in [4.69, 9.17) is 5.73 Å². The van der Waals surface area contributed by atoms with Crippen LogP contribution < -0.4 is 11.1 Å². The lowest BCUT2D eigenvalue weighted by molar-refractivity contribution is 0.0947. The van der Waals surface area contributed by atoms with Crippen molar-refractivity contribution in [2.24, 2.45) is 0 Å². The molecule has 0 radical (unpaired) electrons. The summed E-state index contributed by atoms with van der Waals surface area (Å²) in [6, 6.07) is 9.62. The molecule has 4 heteroatoms. The first kappa shape index (κ1) is 14.6. The summed E-state index contributed by atoms with van der Waals surface area (Å²) in [6.45, 7) is 6.78. The van der Waals surface area contributed by atoms with E-state index in [1.54, 1.807) is 17.4 Å². The number of rotatable bonds is 4. The maximum absolute atomic E-state index is 12.2. The summed E-state index contributed by atoms with van der Waals surface area (Å²) in [7, 11) is 0. The fourth-order valence-corrected chi connectivity index (χ4v) is 2.89. The number of carbonyl (C=O) groups is 1. The van der Waals surface area contributed by atoms with Gasteiger partial charge in [0.25, 0.3) is 5.91 Å². The molecule has 2 rings (SSSR count). The quantitative estimate of drug-likeness (QED) is 0.848. The first-order chi connectivity index (χ1) is 9.40. The number of nitrogens with one attached hydrogen (secondary N) is 1. The van der Waals surface area contributed by atoms with Crippen LogP contribution in [0.25, 0.3) is 0 Å². The molecule has 0 saturated carbocycles. The third-order valence-corrected chi connectivity index (χ3v) is 4.57. The van der Waals surface area contributed by atoms with Crippen molar-refractivity contribution >= 4 is 22.9 Å². The molecule has 0 aliphatic rings. The van der Waals surface area contributed by atoms with Crippen molar-refractivity contribution in [3.8, 4) is 0 Å². The van der Waals surface area contributed by atoms with Gasteiger partial charge in [-0.3, -0.25) is 4.79 Å². The van der Waals surface area contributed by atoms with Crippen LogP contribution in [0.1, 0.15) is 34.6 Å². The minimum Gasteiger partial charge on any atom is -0.398 e. The second kappa shape index (κ2) is 5.67. The number of thiophene rings is 1. The van der Waals surface area contributed by atoms with Gasteiger partial charge < -0.3 is 11.1 Å². The molecular formula is C16H20N2OS. The van der Waals surface area contributed by atoms with E-state index in [1.807, 2.05) is 25.1 Å². The van der Waals surface area contributed by atoms with E-state index in [0.717, 1.165) is 5.56 Å². The van der Waals surface area contributed by atoms with Gasteiger partial charge in [-0.15, -0.1) is 11.3 Å². The van der Waals surface area contributed by atoms with E-state index >= 15 is 0 Å². The first-order valence-electron chi connectivity index (χ1n) is 6.58. The summed E-state index contributed by atoms with van der Waals surface area (Å²) in [4.78, 5) is 13.5. The third-order valence-electron chi connectivity index (χ3n) is 3.33. The van der Waals surface area contributed by atoms with Crippen LogP contribution in [0.2, 0.25) is 0 Å². The van der Waals surface area contributed by atoms with Crippen molar-refractivity contribution < 1.29 is 4.79 Å². The molecule has 0 spiro atoms. The molecule has 1 amide bonds. The van der Waals surface area contributed by atoms with E-state index in [0.29, 0.717) is 17.8 Å². The Bertz CT molecular complexity index is 603. The molecule has 0 atom stereocenters. The molecule has 0 aliphatic heterocycles. The predicted molar refractivity (Wildman–Crippen MR) is 85.3 cm³/mol. The Hall–Kier alpha value is -1.81. The summed E-state index contributed by atoms with van der Waals surface area (Å²) >= 11 is 1.71. The van der Waals surface area contributed by atoms with Crippen molar-refractivity contribution in [2.45, 2.75) is 26.2 Å². The average Bonchev–Trinajstić information content (AvgIpc) is 2.90. The maximum Gasteiger partial charge on any atom is 0.253 e. The number of hydrogen-bond donors (Lipinski definition) is 2. The lowest BCUT2D eigenvalue weighted by Gasteiger charge is -2.23. The van der Waals surface area contributed by atoms with Gasteiger partial charge in [0.15, 0.2) is 0 Å². The van der Waals surface area contributed by atoms with Gasteiger partial charge in [-0.25, -0.2) is 0 Å². The molecule has 106 valence electrons. The number of nitrogens with two attached hydrogens (primary N) is 1. The largest absolute Gasteiger partial charge is 0.398 e. The van der Waals surface area contributed by atoms with Crippen molar-refractivity contribution in [2.75, 3.05) is 12.3 Å². The molecule has 1 aromatic heterocycles. The fraction of sp³-hybridized carbons (Fsp3) is 0.312. The Morgan fingerprint density at radius 1 is 1.35 bits per heavy atom. The molecule has 0 aliphatic carbocycles. The first-order valence-corrected chi connectivity index (χ1v) is 7.46. The highest BCUT2D eigenvalue weighted by atomic mass is 32.1. The van der Waals surface area contributed by atoms with Crippen LogP contribution in [0.3, 0.4) is 0 Å². The normalized spacial score (nSPS) is 11.3. The maximum atomic E-state index is 12.2. The molecule has 0 bridgehead atoms. The predicted octanol–water partition coefficient (Wildman–Crippen LogP) is 3.35. The highest BCUT2D eigenvalue weighted by Gasteiger charge is 2.23. The van der Waals surface area contributed by atoms with E-state index in [9.17, 15) is 4.79 Å².